The highest BCUT2D eigenvalue weighted by Crippen LogP contribution is 2.29. The Labute approximate surface area is 120 Å². The molecule has 0 bridgehead atoms. The highest BCUT2D eigenvalue weighted by molar-refractivity contribution is 6.21. The van der Waals surface area contributed by atoms with E-state index in [0.29, 0.717) is 17.6 Å². The van der Waals surface area contributed by atoms with Gasteiger partial charge in [0, 0.05) is 11.3 Å². The lowest BCUT2D eigenvalue weighted by Crippen LogP contribution is -2.49. The van der Waals surface area contributed by atoms with Crippen molar-refractivity contribution in [3.05, 3.63) is 45.5 Å². The predicted octanol–water partition coefficient (Wildman–Crippen LogP) is 1.50. The summed E-state index contributed by atoms with van der Waals surface area (Å²) in [5.41, 5.74) is 0.325. The first kappa shape index (κ1) is 14.8. The number of nitrogens with zero attached hydrogens (tertiary/aromatic N) is 2. The predicted molar refractivity (Wildman–Crippen MR) is 72.2 cm³/mol. The highest BCUT2D eigenvalue weighted by atomic mass is 16.6. The first-order valence-corrected chi connectivity index (χ1v) is 6.57. The van der Waals surface area contributed by atoms with Crippen molar-refractivity contribution < 1.29 is 19.3 Å². The Hall–Kier alpha value is -2.57. The van der Waals surface area contributed by atoms with Gasteiger partial charge < -0.3 is 4.79 Å². The lowest BCUT2D eigenvalue weighted by atomic mass is 9.98. The summed E-state index contributed by atoms with van der Waals surface area (Å²) < 4.78 is 0. The Morgan fingerprint density at radius 1 is 1.24 bits per heavy atom. The third-order valence-corrected chi connectivity index (χ3v) is 3.65. The fourth-order valence-corrected chi connectivity index (χ4v) is 2.55. The number of benzene rings is 1. The summed E-state index contributed by atoms with van der Waals surface area (Å²) >= 11 is 0. The molecule has 0 aliphatic carbocycles. The largest absolute Gasteiger partial charge is 0.303 e. The molecule has 2 rings (SSSR count). The van der Waals surface area contributed by atoms with E-state index in [2.05, 4.69) is 0 Å². The molecule has 2 amide bonds. The first-order chi connectivity index (χ1) is 10.0. The molecule has 1 heterocycles. The van der Waals surface area contributed by atoms with Crippen LogP contribution in [-0.4, -0.2) is 34.1 Å². The number of nitro groups is 1. The molecule has 0 saturated carbocycles. The van der Waals surface area contributed by atoms with Gasteiger partial charge in [-0.1, -0.05) is 19.1 Å². The number of aldehydes is 1. The quantitative estimate of drug-likeness (QED) is 0.342. The number of hydrogen-bond acceptors (Lipinski definition) is 5. The Morgan fingerprint density at radius 2 is 1.76 bits per heavy atom. The summed E-state index contributed by atoms with van der Waals surface area (Å²) in [6.07, 6.45) is -0.705. The lowest BCUT2D eigenvalue weighted by molar-refractivity contribution is -0.551. The summed E-state index contributed by atoms with van der Waals surface area (Å²) in [5.74, 6) is -2.05. The van der Waals surface area contributed by atoms with Crippen LogP contribution in [0.5, 0.6) is 0 Å². The number of hydrogen-bond donors (Lipinski definition) is 0. The van der Waals surface area contributed by atoms with Crippen LogP contribution in [0.3, 0.4) is 0 Å². The lowest BCUT2D eigenvalue weighted by Gasteiger charge is -2.24. The molecule has 0 radical (unpaired) electrons. The molecule has 2 atom stereocenters. The van der Waals surface area contributed by atoms with Crippen molar-refractivity contribution in [3.8, 4) is 0 Å². The molecule has 0 saturated heterocycles. The smallest absolute Gasteiger partial charge is 0.299 e. The van der Waals surface area contributed by atoms with Crippen LogP contribution in [0.4, 0.5) is 0 Å². The zero-order valence-electron chi connectivity index (χ0n) is 11.4. The number of amides is 2. The third kappa shape index (κ3) is 2.42. The third-order valence-electron chi connectivity index (χ3n) is 3.65. The van der Waals surface area contributed by atoms with Crippen molar-refractivity contribution in [2.24, 2.45) is 5.92 Å². The average Bonchev–Trinajstić information content (AvgIpc) is 2.72. The van der Waals surface area contributed by atoms with E-state index < -0.39 is 28.8 Å². The summed E-state index contributed by atoms with van der Waals surface area (Å²) in [6.45, 7) is 1.68. The molecule has 1 aliphatic heterocycles. The van der Waals surface area contributed by atoms with Gasteiger partial charge in [0.05, 0.1) is 17.0 Å². The second-order valence-electron chi connectivity index (χ2n) is 4.80. The van der Waals surface area contributed by atoms with Crippen LogP contribution in [0, 0.1) is 16.0 Å². The van der Waals surface area contributed by atoms with Gasteiger partial charge in [0.2, 0.25) is 0 Å². The Balaban J connectivity index is 2.44. The number of rotatable bonds is 6. The first-order valence-electron chi connectivity index (χ1n) is 6.57. The molecule has 7 nitrogen and oxygen atoms in total. The number of imide groups is 1. The SMILES string of the molecule is CC[C@H](CC=O)[C@@H](N1C(=O)c2ccccc2C1=O)[N+](=O)[O-]. The minimum atomic E-state index is -1.52. The molecule has 1 aromatic carbocycles. The van der Waals surface area contributed by atoms with E-state index in [1.54, 1.807) is 19.1 Å². The molecule has 0 N–H and O–H groups in total. The standard InChI is InChI=1S/C14H14N2O5/c1-2-9(7-8-17)12(16(20)21)15-13(18)10-5-3-4-6-11(10)14(15)19/h3-6,8-9,12H,2,7H2,1H3/t9-,12+/m1/s1. The van der Waals surface area contributed by atoms with Crippen LogP contribution in [0.2, 0.25) is 0 Å². The molecule has 0 aromatic heterocycles. The molecule has 1 aromatic rings. The normalized spacial score (nSPS) is 16.5. The van der Waals surface area contributed by atoms with E-state index in [0.717, 1.165) is 0 Å². The second kappa shape index (κ2) is 5.82. The number of carbonyl (C=O) groups excluding carboxylic acids is 3. The molecule has 21 heavy (non-hydrogen) atoms. The average molecular weight is 290 g/mol. The van der Waals surface area contributed by atoms with E-state index in [1.807, 2.05) is 0 Å². The van der Waals surface area contributed by atoms with Gasteiger partial charge in [-0.25, -0.2) is 4.90 Å². The minimum absolute atomic E-state index is 0.0739. The van der Waals surface area contributed by atoms with Crippen molar-refractivity contribution >= 4 is 18.1 Å². The summed E-state index contributed by atoms with van der Waals surface area (Å²) in [7, 11) is 0. The van der Waals surface area contributed by atoms with E-state index in [1.165, 1.54) is 12.1 Å². The van der Waals surface area contributed by atoms with Gasteiger partial charge in [-0.2, -0.15) is 0 Å². The Morgan fingerprint density at radius 3 is 2.14 bits per heavy atom. The van der Waals surface area contributed by atoms with Gasteiger partial charge in [-0.15, -0.1) is 0 Å². The minimum Gasteiger partial charge on any atom is -0.303 e. The van der Waals surface area contributed by atoms with Crippen LogP contribution >= 0.6 is 0 Å². The van der Waals surface area contributed by atoms with Crippen LogP contribution in [0.25, 0.3) is 0 Å². The van der Waals surface area contributed by atoms with Crippen LogP contribution in [0.1, 0.15) is 40.5 Å². The fraction of sp³-hybridized carbons (Fsp3) is 0.357. The van der Waals surface area contributed by atoms with Crippen molar-refractivity contribution in [2.75, 3.05) is 0 Å². The molecule has 110 valence electrons. The van der Waals surface area contributed by atoms with Gasteiger partial charge in [0.25, 0.3) is 18.0 Å². The van der Waals surface area contributed by atoms with Gasteiger partial charge in [0.15, 0.2) is 0 Å². The van der Waals surface area contributed by atoms with Gasteiger partial charge in [0.1, 0.15) is 6.29 Å². The molecule has 7 heteroatoms. The maximum Gasteiger partial charge on any atom is 0.299 e. The Bertz CT molecular complexity index is 578. The highest BCUT2D eigenvalue weighted by Gasteiger charge is 2.48. The monoisotopic (exact) mass is 290 g/mol. The number of carbonyl (C=O) groups is 3. The van der Waals surface area contributed by atoms with Gasteiger partial charge >= 0.3 is 0 Å². The molecule has 0 fully saturated rings. The molecule has 0 unspecified atom stereocenters. The fourth-order valence-electron chi connectivity index (χ4n) is 2.55. The summed E-state index contributed by atoms with van der Waals surface area (Å²) in [6, 6.07) is 6.12. The van der Waals surface area contributed by atoms with E-state index >= 15 is 0 Å². The summed E-state index contributed by atoms with van der Waals surface area (Å²) in [4.78, 5) is 46.6. The zero-order chi connectivity index (χ0) is 15.6. The summed E-state index contributed by atoms with van der Waals surface area (Å²) in [5, 5.41) is 11.3. The molecule has 1 aliphatic rings. The number of fused-ring (bicyclic) bond motifs is 1. The molecule has 0 spiro atoms. The van der Waals surface area contributed by atoms with Crippen molar-refractivity contribution in [2.45, 2.75) is 25.9 Å². The van der Waals surface area contributed by atoms with E-state index in [-0.39, 0.29) is 17.5 Å². The van der Waals surface area contributed by atoms with Crippen LogP contribution in [-0.2, 0) is 4.79 Å². The maximum atomic E-state index is 12.3. The van der Waals surface area contributed by atoms with Gasteiger partial charge in [-0.3, -0.25) is 19.7 Å². The van der Waals surface area contributed by atoms with Crippen LogP contribution < -0.4 is 0 Å². The topological polar surface area (TPSA) is 97.6 Å². The van der Waals surface area contributed by atoms with Crippen LogP contribution in [0.15, 0.2) is 24.3 Å². The van der Waals surface area contributed by atoms with E-state index in [4.69, 9.17) is 0 Å². The van der Waals surface area contributed by atoms with Crippen molar-refractivity contribution in [1.82, 2.24) is 4.90 Å². The zero-order valence-corrected chi connectivity index (χ0v) is 11.4. The second-order valence-corrected chi connectivity index (χ2v) is 4.80. The maximum absolute atomic E-state index is 12.3. The van der Waals surface area contributed by atoms with Crippen molar-refractivity contribution in [1.29, 1.82) is 0 Å². The molecular weight excluding hydrogens is 276 g/mol. The molecular formula is C14H14N2O5. The van der Waals surface area contributed by atoms with Gasteiger partial charge in [-0.05, 0) is 18.6 Å². The van der Waals surface area contributed by atoms with E-state index in [9.17, 15) is 24.5 Å². The Kier molecular flexibility index (Phi) is 4.11. The van der Waals surface area contributed by atoms with Crippen molar-refractivity contribution in [3.63, 3.8) is 0 Å².